The maximum Gasteiger partial charge on any atom is 0.407 e. The molecule has 3 rings (SSSR count). The lowest BCUT2D eigenvalue weighted by Gasteiger charge is -2.25. The molecule has 1 amide bonds. The van der Waals surface area contributed by atoms with E-state index in [1.165, 1.54) is 31.4 Å². The van der Waals surface area contributed by atoms with Crippen LogP contribution in [0.4, 0.5) is 10.6 Å². The van der Waals surface area contributed by atoms with Crippen molar-refractivity contribution in [3.63, 3.8) is 0 Å². The van der Waals surface area contributed by atoms with E-state index < -0.39 is 27.7 Å². The third kappa shape index (κ3) is 9.81. The Balaban J connectivity index is 1.98. The zero-order valence-electron chi connectivity index (χ0n) is 26.3. The number of amides is 1. The molecule has 2 N–H and O–H groups in total. The van der Waals surface area contributed by atoms with Crippen molar-refractivity contribution in [3.05, 3.63) is 76.9 Å². The van der Waals surface area contributed by atoms with Gasteiger partial charge in [0.2, 0.25) is 0 Å². The molecular formula is C33H43N3O6S. The van der Waals surface area contributed by atoms with Gasteiger partial charge >= 0.3 is 12.1 Å². The number of methoxy groups -OCH3 is 1. The number of ether oxygens (including phenoxy) is 2. The van der Waals surface area contributed by atoms with Crippen LogP contribution in [0.2, 0.25) is 0 Å². The number of carbonyl (C=O) groups excluding carboxylic acids is 2. The molecule has 10 heteroatoms. The third-order valence-electron chi connectivity index (χ3n) is 6.69. The summed E-state index contributed by atoms with van der Waals surface area (Å²) in [6.07, 6.45) is 1.46. The lowest BCUT2D eigenvalue weighted by molar-refractivity contribution is 0.0495. The Labute approximate surface area is 255 Å². The molecule has 1 heterocycles. The molecule has 1 atom stereocenters. The Kier molecular flexibility index (Phi) is 11.0. The zero-order valence-corrected chi connectivity index (χ0v) is 27.1. The number of nitrogens with zero attached hydrogens (tertiary/aromatic N) is 1. The zero-order chi connectivity index (χ0) is 31.9. The molecule has 0 aliphatic carbocycles. The van der Waals surface area contributed by atoms with Gasteiger partial charge in [-0.1, -0.05) is 38.1 Å². The summed E-state index contributed by atoms with van der Waals surface area (Å²) >= 11 is 0. The van der Waals surface area contributed by atoms with Gasteiger partial charge in [0.05, 0.1) is 23.3 Å². The number of aromatic nitrogens is 1. The van der Waals surface area contributed by atoms with E-state index in [1.807, 2.05) is 58.9 Å². The number of alkyl carbamates (subject to hydrolysis) is 1. The molecule has 232 valence electrons. The van der Waals surface area contributed by atoms with Crippen LogP contribution < -0.4 is 10.0 Å². The summed E-state index contributed by atoms with van der Waals surface area (Å²) in [7, 11) is -2.85. The molecule has 0 fully saturated rings. The highest BCUT2D eigenvalue weighted by Crippen LogP contribution is 2.29. The number of esters is 1. The lowest BCUT2D eigenvalue weighted by Crippen LogP contribution is -2.40. The van der Waals surface area contributed by atoms with Gasteiger partial charge in [-0.2, -0.15) is 0 Å². The molecule has 2 aromatic carbocycles. The minimum atomic E-state index is -4.09. The fourth-order valence-electron chi connectivity index (χ4n) is 4.87. The van der Waals surface area contributed by atoms with E-state index in [-0.39, 0.29) is 22.3 Å². The second-order valence-corrected chi connectivity index (χ2v) is 13.8. The summed E-state index contributed by atoms with van der Waals surface area (Å²) in [6.45, 7) is 13.6. The number of aryl methyl sites for hydroxylation is 3. The van der Waals surface area contributed by atoms with Crippen LogP contribution in [0.15, 0.2) is 59.5 Å². The van der Waals surface area contributed by atoms with E-state index in [4.69, 9.17) is 14.5 Å². The molecule has 0 radical (unpaired) electrons. The minimum Gasteiger partial charge on any atom is -0.465 e. The first-order valence-corrected chi connectivity index (χ1v) is 15.8. The van der Waals surface area contributed by atoms with Gasteiger partial charge < -0.3 is 14.8 Å². The van der Waals surface area contributed by atoms with Crippen molar-refractivity contribution >= 4 is 27.9 Å². The average molecular weight is 610 g/mol. The summed E-state index contributed by atoms with van der Waals surface area (Å²) in [6, 6.07) is 15.1. The van der Waals surface area contributed by atoms with Crippen LogP contribution in [0.25, 0.3) is 11.3 Å². The van der Waals surface area contributed by atoms with Gasteiger partial charge in [-0.05, 0) is 107 Å². The molecule has 43 heavy (non-hydrogen) atoms. The van der Waals surface area contributed by atoms with Crippen LogP contribution in [0.1, 0.15) is 74.5 Å². The van der Waals surface area contributed by atoms with Gasteiger partial charge in [-0.3, -0.25) is 4.72 Å². The molecule has 0 aliphatic rings. The van der Waals surface area contributed by atoms with Crippen LogP contribution in [0.3, 0.4) is 0 Å². The van der Waals surface area contributed by atoms with Crippen molar-refractivity contribution in [2.45, 2.75) is 84.3 Å². The van der Waals surface area contributed by atoms with Crippen LogP contribution in [-0.4, -0.2) is 44.2 Å². The van der Waals surface area contributed by atoms with Crippen molar-refractivity contribution in [1.29, 1.82) is 0 Å². The van der Waals surface area contributed by atoms with Gasteiger partial charge in [0, 0.05) is 11.6 Å². The number of nitrogens with one attached hydrogen (secondary N) is 2. The quantitative estimate of drug-likeness (QED) is 0.229. The molecule has 0 aliphatic heterocycles. The lowest BCUT2D eigenvalue weighted by atomic mass is 9.95. The van der Waals surface area contributed by atoms with E-state index in [1.54, 1.807) is 6.07 Å². The predicted molar refractivity (Wildman–Crippen MR) is 169 cm³/mol. The number of hydrogen-bond acceptors (Lipinski definition) is 7. The van der Waals surface area contributed by atoms with Crippen LogP contribution in [0.5, 0.6) is 0 Å². The molecule has 0 saturated heterocycles. The Bertz CT molecular complexity index is 1540. The highest BCUT2D eigenvalue weighted by molar-refractivity contribution is 7.92. The Morgan fingerprint density at radius 3 is 2.23 bits per heavy atom. The smallest absolute Gasteiger partial charge is 0.407 e. The van der Waals surface area contributed by atoms with E-state index in [0.29, 0.717) is 24.5 Å². The number of rotatable bonds is 11. The third-order valence-corrected chi connectivity index (χ3v) is 8.04. The van der Waals surface area contributed by atoms with E-state index in [0.717, 1.165) is 28.7 Å². The van der Waals surface area contributed by atoms with Crippen LogP contribution in [0, 0.1) is 19.8 Å². The topological polar surface area (TPSA) is 124 Å². The first kappa shape index (κ1) is 33.6. The minimum absolute atomic E-state index is 0.0882. The Morgan fingerprint density at radius 2 is 1.63 bits per heavy atom. The first-order chi connectivity index (χ1) is 20.1. The number of hydrogen-bond donors (Lipinski definition) is 2. The molecule has 3 aromatic rings. The first-order valence-electron chi connectivity index (χ1n) is 14.4. The molecular weight excluding hydrogens is 566 g/mol. The van der Waals surface area contributed by atoms with Crippen molar-refractivity contribution in [3.8, 4) is 11.3 Å². The van der Waals surface area contributed by atoms with Gasteiger partial charge in [0.15, 0.2) is 0 Å². The van der Waals surface area contributed by atoms with E-state index >= 15 is 0 Å². The maximum atomic E-state index is 13.4. The second kappa shape index (κ2) is 14.0. The standard InChI is InChI=1S/C33H43N3O6S/c1-21(2)17-26(34-32(38)42-33(5,6)7)16-15-24-18-28(30-22(3)11-9-12-23(30)4)35-29(19-24)36-43(39,40)27-14-10-13-25(20-27)31(37)41-8/h9-14,18-21,26H,15-17H2,1-8H3,(H,34,38)(H,35,36). The maximum absolute atomic E-state index is 13.4. The Morgan fingerprint density at radius 1 is 0.977 bits per heavy atom. The number of pyridine rings is 1. The highest BCUT2D eigenvalue weighted by Gasteiger charge is 2.22. The summed E-state index contributed by atoms with van der Waals surface area (Å²) in [5.74, 6) is -0.143. The molecule has 1 aromatic heterocycles. The second-order valence-electron chi connectivity index (χ2n) is 12.1. The van der Waals surface area contributed by atoms with Gasteiger partial charge in [0.25, 0.3) is 10.0 Å². The van der Waals surface area contributed by atoms with E-state index in [9.17, 15) is 18.0 Å². The van der Waals surface area contributed by atoms with Crippen LogP contribution in [-0.2, 0) is 25.9 Å². The molecule has 1 unspecified atom stereocenters. The Hall–Kier alpha value is -3.92. The largest absolute Gasteiger partial charge is 0.465 e. The number of anilines is 1. The number of benzene rings is 2. The summed E-state index contributed by atoms with van der Waals surface area (Å²) in [5.41, 5.74) is 3.94. The molecule has 0 bridgehead atoms. The normalized spacial score (nSPS) is 12.5. The molecule has 0 spiro atoms. The van der Waals surface area contributed by atoms with Crippen molar-refractivity contribution in [2.24, 2.45) is 5.92 Å². The average Bonchev–Trinajstić information content (AvgIpc) is 2.89. The summed E-state index contributed by atoms with van der Waals surface area (Å²) in [4.78, 5) is 29.2. The summed E-state index contributed by atoms with van der Waals surface area (Å²) in [5, 5.41) is 3.01. The number of carbonyl (C=O) groups is 2. The highest BCUT2D eigenvalue weighted by atomic mass is 32.2. The van der Waals surface area contributed by atoms with Crippen LogP contribution >= 0.6 is 0 Å². The monoisotopic (exact) mass is 609 g/mol. The van der Waals surface area contributed by atoms with E-state index in [2.05, 4.69) is 23.9 Å². The van der Waals surface area contributed by atoms with Crippen molar-refractivity contribution in [2.75, 3.05) is 11.8 Å². The number of sulfonamides is 1. The molecule has 9 nitrogen and oxygen atoms in total. The van der Waals surface area contributed by atoms with Gasteiger partial charge in [-0.25, -0.2) is 23.0 Å². The van der Waals surface area contributed by atoms with Crippen molar-refractivity contribution < 1.29 is 27.5 Å². The fourth-order valence-corrected chi connectivity index (χ4v) is 5.91. The molecule has 0 saturated carbocycles. The predicted octanol–water partition coefficient (Wildman–Crippen LogP) is 6.82. The summed E-state index contributed by atoms with van der Waals surface area (Å²) < 4.78 is 39.7. The van der Waals surface area contributed by atoms with Gasteiger partial charge in [0.1, 0.15) is 11.4 Å². The van der Waals surface area contributed by atoms with Crippen molar-refractivity contribution in [1.82, 2.24) is 10.3 Å². The SMILES string of the molecule is COC(=O)c1cccc(S(=O)(=O)Nc2cc(CCC(CC(C)C)NC(=O)OC(C)(C)C)cc(-c3c(C)cccc3C)n2)c1. The fraction of sp³-hybridized carbons (Fsp3) is 0.424. The van der Waals surface area contributed by atoms with Gasteiger partial charge in [-0.15, -0.1) is 0 Å².